The SMILES string of the molecule is COCCOC(=O)C1=C(C)N=C2SCCCN2[C@H]1c1ccc(NC(=O)Nc2ccc(C(F)(F)F)cc2)cc1. The van der Waals surface area contributed by atoms with Crippen LogP contribution in [0.4, 0.5) is 29.3 Å². The van der Waals surface area contributed by atoms with Gasteiger partial charge in [-0.05, 0) is 55.3 Å². The van der Waals surface area contributed by atoms with Crippen LogP contribution in [0.2, 0.25) is 0 Å². The number of benzene rings is 2. The van der Waals surface area contributed by atoms with Crippen molar-refractivity contribution in [2.45, 2.75) is 25.6 Å². The molecule has 2 heterocycles. The number of rotatable bonds is 7. The molecule has 38 heavy (non-hydrogen) atoms. The summed E-state index contributed by atoms with van der Waals surface area (Å²) in [5.41, 5.74) is 1.77. The zero-order valence-corrected chi connectivity index (χ0v) is 21.6. The second-order valence-corrected chi connectivity index (χ2v) is 9.66. The summed E-state index contributed by atoms with van der Waals surface area (Å²) < 4.78 is 48.6. The van der Waals surface area contributed by atoms with Crippen molar-refractivity contribution >= 4 is 40.3 Å². The number of allylic oxidation sites excluding steroid dienone is 1. The Labute approximate surface area is 222 Å². The first-order valence-corrected chi connectivity index (χ1v) is 12.9. The van der Waals surface area contributed by atoms with Crippen molar-refractivity contribution in [2.75, 3.05) is 43.3 Å². The summed E-state index contributed by atoms with van der Waals surface area (Å²) in [6.45, 7) is 2.93. The number of nitrogens with zero attached hydrogens (tertiary/aromatic N) is 2. The second kappa shape index (κ2) is 11.9. The minimum absolute atomic E-state index is 0.126. The fraction of sp³-hybridized carbons (Fsp3) is 0.346. The molecule has 2 N–H and O–H groups in total. The van der Waals surface area contributed by atoms with Gasteiger partial charge in [-0.25, -0.2) is 14.6 Å². The van der Waals surface area contributed by atoms with E-state index in [9.17, 15) is 22.8 Å². The molecule has 0 aromatic heterocycles. The number of nitrogens with one attached hydrogen (secondary N) is 2. The van der Waals surface area contributed by atoms with Gasteiger partial charge in [0.1, 0.15) is 6.61 Å². The standard InChI is InChI=1S/C26H27F3N4O4S/c1-16-21(23(34)37-14-13-36-2)22(33-12-3-15-38-25(33)30-16)17-4-8-19(9-5-17)31-24(35)32-20-10-6-18(7-11-20)26(27,28)29/h4-11,22H,3,12-15H2,1-2H3,(H2,31,32,35)/t22-/m0/s1. The fourth-order valence-electron chi connectivity index (χ4n) is 4.16. The summed E-state index contributed by atoms with van der Waals surface area (Å²) in [7, 11) is 1.53. The van der Waals surface area contributed by atoms with Crippen molar-refractivity contribution in [1.29, 1.82) is 0 Å². The average Bonchev–Trinajstić information content (AvgIpc) is 2.88. The molecule has 1 fully saturated rings. The highest BCUT2D eigenvalue weighted by atomic mass is 32.2. The molecule has 0 aliphatic carbocycles. The van der Waals surface area contributed by atoms with Crippen LogP contribution in [0.15, 0.2) is 64.8 Å². The lowest BCUT2D eigenvalue weighted by Crippen LogP contribution is -2.42. The number of carbonyl (C=O) groups is 2. The number of esters is 1. The van der Waals surface area contributed by atoms with Gasteiger partial charge in [-0.15, -0.1) is 0 Å². The molecular formula is C26H27F3N4O4S. The van der Waals surface area contributed by atoms with Gasteiger partial charge in [0.15, 0.2) is 5.17 Å². The number of urea groups is 1. The van der Waals surface area contributed by atoms with E-state index in [4.69, 9.17) is 9.47 Å². The number of anilines is 2. The molecular weight excluding hydrogens is 521 g/mol. The van der Waals surface area contributed by atoms with Crippen molar-refractivity contribution in [2.24, 2.45) is 4.99 Å². The molecule has 2 aliphatic rings. The average molecular weight is 549 g/mol. The minimum Gasteiger partial charge on any atom is -0.460 e. The van der Waals surface area contributed by atoms with Gasteiger partial charge in [0.25, 0.3) is 0 Å². The maximum Gasteiger partial charge on any atom is 0.416 e. The highest BCUT2D eigenvalue weighted by Crippen LogP contribution is 2.40. The Balaban J connectivity index is 1.49. The zero-order chi connectivity index (χ0) is 27.3. The van der Waals surface area contributed by atoms with Crippen molar-refractivity contribution in [3.63, 3.8) is 0 Å². The molecule has 1 saturated heterocycles. The molecule has 202 valence electrons. The molecule has 0 unspecified atom stereocenters. The molecule has 2 aromatic carbocycles. The van der Waals surface area contributed by atoms with Crippen LogP contribution in [-0.4, -0.2) is 54.7 Å². The van der Waals surface area contributed by atoms with Gasteiger partial charge in [0.2, 0.25) is 0 Å². The normalized spacial score (nSPS) is 17.4. The Morgan fingerprint density at radius 3 is 2.29 bits per heavy atom. The molecule has 0 saturated carbocycles. The van der Waals surface area contributed by atoms with Gasteiger partial charge in [-0.3, -0.25) is 0 Å². The number of hydrogen-bond donors (Lipinski definition) is 2. The summed E-state index contributed by atoms with van der Waals surface area (Å²) in [4.78, 5) is 32.2. The molecule has 2 aromatic rings. The number of amidine groups is 1. The lowest BCUT2D eigenvalue weighted by Gasteiger charge is -2.40. The fourth-order valence-corrected chi connectivity index (χ4v) is 5.18. The molecule has 12 heteroatoms. The molecule has 4 rings (SSSR count). The predicted octanol–water partition coefficient (Wildman–Crippen LogP) is 5.66. The van der Waals surface area contributed by atoms with E-state index in [0.29, 0.717) is 17.0 Å². The van der Waals surface area contributed by atoms with E-state index in [2.05, 4.69) is 20.5 Å². The quantitative estimate of drug-likeness (QED) is 0.343. The van der Waals surface area contributed by atoms with Gasteiger partial charge in [-0.1, -0.05) is 23.9 Å². The zero-order valence-electron chi connectivity index (χ0n) is 20.8. The van der Waals surface area contributed by atoms with E-state index in [0.717, 1.165) is 41.6 Å². The third-order valence-corrected chi connectivity index (χ3v) is 7.03. The van der Waals surface area contributed by atoms with E-state index in [-0.39, 0.29) is 18.9 Å². The van der Waals surface area contributed by atoms with Crippen LogP contribution in [-0.2, 0) is 20.4 Å². The summed E-state index contributed by atoms with van der Waals surface area (Å²) >= 11 is 1.64. The number of methoxy groups -OCH3 is 1. The topological polar surface area (TPSA) is 92.3 Å². The van der Waals surface area contributed by atoms with E-state index in [1.807, 2.05) is 12.1 Å². The first-order chi connectivity index (χ1) is 18.2. The Kier molecular flexibility index (Phi) is 8.62. The monoisotopic (exact) mass is 548 g/mol. The summed E-state index contributed by atoms with van der Waals surface area (Å²) in [6, 6.07) is 10.2. The Hall–Kier alpha value is -3.51. The summed E-state index contributed by atoms with van der Waals surface area (Å²) in [5, 5.41) is 6.03. The first kappa shape index (κ1) is 27.5. The molecule has 0 radical (unpaired) electrons. The lowest BCUT2D eigenvalue weighted by molar-refractivity contribution is -0.141. The van der Waals surface area contributed by atoms with E-state index in [1.54, 1.807) is 30.8 Å². The van der Waals surface area contributed by atoms with Crippen LogP contribution in [0.3, 0.4) is 0 Å². The van der Waals surface area contributed by atoms with Crippen LogP contribution in [0.5, 0.6) is 0 Å². The molecule has 0 spiro atoms. The number of thioether (sulfide) groups is 1. The number of ether oxygens (including phenoxy) is 2. The van der Waals surface area contributed by atoms with Gasteiger partial charge in [0.05, 0.1) is 29.5 Å². The first-order valence-electron chi connectivity index (χ1n) is 11.9. The van der Waals surface area contributed by atoms with Gasteiger partial charge < -0.3 is 25.0 Å². The molecule has 0 bridgehead atoms. The number of aliphatic imine (C=N–C) groups is 1. The largest absolute Gasteiger partial charge is 0.460 e. The highest BCUT2D eigenvalue weighted by molar-refractivity contribution is 8.13. The number of fused-ring (bicyclic) bond motifs is 1. The van der Waals surface area contributed by atoms with Crippen molar-refractivity contribution in [3.05, 3.63) is 70.9 Å². The minimum atomic E-state index is -4.45. The number of halogens is 3. The van der Waals surface area contributed by atoms with Crippen LogP contribution in [0.25, 0.3) is 0 Å². The van der Waals surface area contributed by atoms with E-state index < -0.39 is 29.8 Å². The third-order valence-electron chi connectivity index (χ3n) is 5.95. The number of amides is 2. The molecule has 2 amide bonds. The Morgan fingerprint density at radius 2 is 1.68 bits per heavy atom. The second-order valence-electron chi connectivity index (χ2n) is 8.60. The van der Waals surface area contributed by atoms with Crippen molar-refractivity contribution in [3.8, 4) is 0 Å². The molecule has 8 nitrogen and oxygen atoms in total. The number of carbonyl (C=O) groups excluding carboxylic acids is 2. The maximum atomic E-state index is 13.0. The van der Waals surface area contributed by atoms with E-state index in [1.165, 1.54) is 19.2 Å². The third kappa shape index (κ3) is 6.48. The lowest BCUT2D eigenvalue weighted by atomic mass is 9.94. The van der Waals surface area contributed by atoms with Crippen molar-refractivity contribution in [1.82, 2.24) is 4.90 Å². The highest BCUT2D eigenvalue weighted by Gasteiger charge is 2.38. The van der Waals surface area contributed by atoms with Gasteiger partial charge in [0, 0.05) is 30.8 Å². The Morgan fingerprint density at radius 1 is 1.05 bits per heavy atom. The number of alkyl halides is 3. The van der Waals surface area contributed by atoms with Crippen LogP contribution in [0, 0.1) is 0 Å². The number of hydrogen-bond acceptors (Lipinski definition) is 7. The predicted molar refractivity (Wildman–Crippen MR) is 140 cm³/mol. The van der Waals surface area contributed by atoms with Crippen LogP contribution in [0.1, 0.15) is 30.5 Å². The van der Waals surface area contributed by atoms with Gasteiger partial charge in [-0.2, -0.15) is 13.2 Å². The summed E-state index contributed by atoms with van der Waals surface area (Å²) in [6.07, 6.45) is -3.51. The molecule has 2 aliphatic heterocycles. The Bertz CT molecular complexity index is 1230. The van der Waals surface area contributed by atoms with Crippen LogP contribution < -0.4 is 10.6 Å². The molecule has 1 atom stereocenters. The van der Waals surface area contributed by atoms with E-state index >= 15 is 0 Å². The summed E-state index contributed by atoms with van der Waals surface area (Å²) in [5.74, 6) is 0.487. The smallest absolute Gasteiger partial charge is 0.416 e. The maximum absolute atomic E-state index is 13.0. The van der Waals surface area contributed by atoms with Crippen LogP contribution >= 0.6 is 11.8 Å². The van der Waals surface area contributed by atoms with Crippen molar-refractivity contribution < 1.29 is 32.2 Å². The van der Waals surface area contributed by atoms with Gasteiger partial charge >= 0.3 is 18.2 Å².